The Morgan fingerprint density at radius 2 is 1.17 bits per heavy atom. The van der Waals surface area contributed by atoms with Crippen molar-refractivity contribution in [3.8, 4) is 27.9 Å². The molecule has 0 unspecified atom stereocenters. The highest BCUT2D eigenvalue weighted by atomic mass is 19.4. The first-order valence-corrected chi connectivity index (χ1v) is 15.1. The second-order valence-electron chi connectivity index (χ2n) is 11.6. The smallest absolute Gasteiger partial charge is 0.308 e. The van der Waals surface area contributed by atoms with Gasteiger partial charge in [-0.25, -0.2) is 4.90 Å². The van der Waals surface area contributed by atoms with Crippen molar-refractivity contribution >= 4 is 39.3 Å². The van der Waals surface area contributed by atoms with Crippen LogP contribution < -0.4 is 4.90 Å². The zero-order chi connectivity index (χ0) is 32.4. The van der Waals surface area contributed by atoms with Crippen LogP contribution >= 0.6 is 0 Å². The molecule has 0 aliphatic carbocycles. The van der Waals surface area contributed by atoms with Crippen LogP contribution in [0.15, 0.2) is 133 Å². The fraction of sp³-hybridized carbons (Fsp3) is 0.0500. The molecule has 2 amide bonds. The molecule has 228 valence electrons. The van der Waals surface area contributed by atoms with Crippen molar-refractivity contribution in [1.82, 2.24) is 4.57 Å². The Labute approximate surface area is 267 Å². The zero-order valence-corrected chi connectivity index (χ0v) is 25.0. The zero-order valence-electron chi connectivity index (χ0n) is 25.0. The highest BCUT2D eigenvalue weighted by Crippen LogP contribution is 2.44. The molecule has 1 aromatic heterocycles. The van der Waals surface area contributed by atoms with E-state index in [2.05, 4.69) is 0 Å². The van der Waals surface area contributed by atoms with Crippen molar-refractivity contribution in [2.75, 3.05) is 4.90 Å². The average molecular weight is 623 g/mol. The molecule has 0 spiro atoms. The first-order chi connectivity index (χ1) is 22.7. The fourth-order valence-electron chi connectivity index (χ4n) is 6.82. The minimum absolute atomic E-state index is 0.0580. The molecule has 8 rings (SSSR count). The highest BCUT2D eigenvalue weighted by molar-refractivity contribution is 6.36. The van der Waals surface area contributed by atoms with Crippen molar-refractivity contribution in [2.24, 2.45) is 0 Å². The molecule has 0 saturated heterocycles. The van der Waals surface area contributed by atoms with Crippen molar-refractivity contribution in [1.29, 1.82) is 0 Å². The van der Waals surface area contributed by atoms with Gasteiger partial charge >= 0.3 is 6.18 Å². The molecule has 0 radical (unpaired) electrons. The molecule has 6 aromatic carbocycles. The Morgan fingerprint density at radius 1 is 0.532 bits per heavy atom. The third-order valence-corrected chi connectivity index (χ3v) is 8.88. The maximum absolute atomic E-state index is 14.6. The van der Waals surface area contributed by atoms with Gasteiger partial charge in [0.2, 0.25) is 0 Å². The van der Waals surface area contributed by atoms with Gasteiger partial charge in [0, 0.05) is 16.3 Å². The predicted molar refractivity (Wildman–Crippen MR) is 179 cm³/mol. The Bertz CT molecular complexity index is 2390. The normalized spacial score (nSPS) is 13.1. The van der Waals surface area contributed by atoms with Gasteiger partial charge in [0.05, 0.1) is 39.1 Å². The van der Waals surface area contributed by atoms with Crippen molar-refractivity contribution in [3.63, 3.8) is 0 Å². The van der Waals surface area contributed by atoms with Crippen LogP contribution in [0.4, 0.5) is 18.9 Å². The maximum Gasteiger partial charge on any atom is 0.418 e. The predicted octanol–water partition coefficient (Wildman–Crippen LogP) is 10.2. The van der Waals surface area contributed by atoms with E-state index in [0.29, 0.717) is 27.5 Å². The van der Waals surface area contributed by atoms with Crippen LogP contribution in [0.2, 0.25) is 0 Å². The van der Waals surface area contributed by atoms with Gasteiger partial charge in [0.1, 0.15) is 0 Å². The number of aryl methyl sites for hydroxylation is 1. The van der Waals surface area contributed by atoms with E-state index >= 15 is 0 Å². The number of carbonyl (C=O) groups is 2. The van der Waals surface area contributed by atoms with Gasteiger partial charge < -0.3 is 4.57 Å². The minimum atomic E-state index is -4.66. The lowest BCUT2D eigenvalue weighted by Crippen LogP contribution is -2.30. The second kappa shape index (κ2) is 10.6. The number of halogens is 3. The molecule has 0 N–H and O–H groups in total. The number of nitrogens with zero attached hydrogens (tertiary/aromatic N) is 2. The molecule has 7 aromatic rings. The number of aromatic nitrogens is 1. The molecule has 0 bridgehead atoms. The molecule has 1 aliphatic rings. The molecular weight excluding hydrogens is 597 g/mol. The van der Waals surface area contributed by atoms with E-state index in [1.54, 1.807) is 42.5 Å². The summed E-state index contributed by atoms with van der Waals surface area (Å²) in [6.45, 7) is 1.83. The van der Waals surface area contributed by atoms with Gasteiger partial charge in [-0.3, -0.25) is 9.59 Å². The maximum atomic E-state index is 14.6. The molecule has 4 nitrogen and oxygen atoms in total. The number of alkyl halides is 3. The fourth-order valence-corrected chi connectivity index (χ4v) is 6.82. The number of benzene rings is 6. The van der Waals surface area contributed by atoms with Crippen LogP contribution in [-0.4, -0.2) is 16.4 Å². The molecule has 0 atom stereocenters. The monoisotopic (exact) mass is 622 g/mol. The first kappa shape index (κ1) is 28.5. The number of hydrogen-bond donors (Lipinski definition) is 0. The van der Waals surface area contributed by atoms with E-state index in [-0.39, 0.29) is 22.3 Å². The largest absolute Gasteiger partial charge is 0.418 e. The Morgan fingerprint density at radius 3 is 1.87 bits per heavy atom. The summed E-state index contributed by atoms with van der Waals surface area (Å²) in [7, 11) is 0. The standard InChI is InChI=1S/C40H25F3N2O2/c1-24-11-8-16-28-29-17-9-19-32(40(41,42)43)37(29)44(36(24)28)34-20-10-18-30-35(34)39(47)45(38(30)46)33-22-21-27(25-12-4-2-5-13-25)23-31(33)26-14-6-3-7-15-26/h2-23H,1H3. The van der Waals surface area contributed by atoms with Gasteiger partial charge in [-0.15, -0.1) is 0 Å². The lowest BCUT2D eigenvalue weighted by molar-refractivity contribution is -0.136. The minimum Gasteiger partial charge on any atom is -0.308 e. The summed E-state index contributed by atoms with van der Waals surface area (Å²) in [4.78, 5) is 29.9. The third kappa shape index (κ3) is 4.38. The van der Waals surface area contributed by atoms with Crippen molar-refractivity contribution < 1.29 is 22.8 Å². The van der Waals surface area contributed by atoms with Gasteiger partial charge in [0.25, 0.3) is 11.8 Å². The van der Waals surface area contributed by atoms with E-state index in [0.717, 1.165) is 33.2 Å². The van der Waals surface area contributed by atoms with Gasteiger partial charge in [0.15, 0.2) is 0 Å². The number of para-hydroxylation sites is 2. The van der Waals surface area contributed by atoms with Gasteiger partial charge in [-0.1, -0.05) is 103 Å². The number of imide groups is 1. The van der Waals surface area contributed by atoms with E-state index in [4.69, 9.17) is 0 Å². The Balaban J connectivity index is 1.37. The summed E-state index contributed by atoms with van der Waals surface area (Å²) in [5.74, 6) is -1.14. The summed E-state index contributed by atoms with van der Waals surface area (Å²) in [5, 5.41) is 1.04. The lowest BCUT2D eigenvalue weighted by Gasteiger charge is -2.20. The van der Waals surface area contributed by atoms with E-state index in [1.165, 1.54) is 10.6 Å². The Kier molecular flexibility index (Phi) is 6.41. The van der Waals surface area contributed by atoms with Crippen molar-refractivity contribution in [3.05, 3.63) is 156 Å². The van der Waals surface area contributed by atoms with E-state index in [1.807, 2.05) is 85.8 Å². The quantitative estimate of drug-likeness (QED) is 0.183. The molecule has 7 heteroatoms. The van der Waals surface area contributed by atoms with Gasteiger partial charge in [-0.05, 0) is 59.5 Å². The van der Waals surface area contributed by atoms with Crippen LogP contribution in [0, 0.1) is 6.92 Å². The van der Waals surface area contributed by atoms with Crippen LogP contribution in [0.1, 0.15) is 31.8 Å². The number of hydrogen-bond acceptors (Lipinski definition) is 2. The van der Waals surface area contributed by atoms with Gasteiger partial charge in [-0.2, -0.15) is 13.2 Å². The Hall–Kier alpha value is -5.95. The van der Waals surface area contributed by atoms with E-state index < -0.39 is 23.6 Å². The second-order valence-corrected chi connectivity index (χ2v) is 11.6. The lowest BCUT2D eigenvalue weighted by atomic mass is 9.97. The van der Waals surface area contributed by atoms with Crippen LogP contribution in [0.25, 0.3) is 49.7 Å². The average Bonchev–Trinajstić information content (AvgIpc) is 3.56. The molecule has 1 aliphatic heterocycles. The molecule has 0 fully saturated rings. The van der Waals surface area contributed by atoms with Crippen molar-refractivity contribution in [2.45, 2.75) is 13.1 Å². The van der Waals surface area contributed by atoms with Crippen LogP contribution in [0.5, 0.6) is 0 Å². The summed E-state index contributed by atoms with van der Waals surface area (Å²) < 4.78 is 45.2. The van der Waals surface area contributed by atoms with Crippen LogP contribution in [-0.2, 0) is 6.18 Å². The number of amides is 2. The molecule has 47 heavy (non-hydrogen) atoms. The highest BCUT2D eigenvalue weighted by Gasteiger charge is 2.41. The number of rotatable bonds is 4. The number of carbonyl (C=O) groups excluding carboxylic acids is 2. The summed E-state index contributed by atoms with van der Waals surface area (Å²) in [6.07, 6.45) is -4.66. The third-order valence-electron chi connectivity index (χ3n) is 8.88. The number of fused-ring (bicyclic) bond motifs is 4. The summed E-state index contributed by atoms with van der Waals surface area (Å²) in [5.41, 5.74) is 4.57. The summed E-state index contributed by atoms with van der Waals surface area (Å²) in [6, 6.07) is 39.2. The number of anilines is 1. The first-order valence-electron chi connectivity index (χ1n) is 15.1. The molecule has 2 heterocycles. The summed E-state index contributed by atoms with van der Waals surface area (Å²) >= 11 is 0. The molecular formula is C40H25F3N2O2. The van der Waals surface area contributed by atoms with Crippen LogP contribution in [0.3, 0.4) is 0 Å². The SMILES string of the molecule is Cc1cccc2c3cccc(C(F)(F)F)c3n(-c3cccc4c3C(=O)N(c3ccc(-c5ccccc5)cc3-c3ccccc3)C4=O)c12. The van der Waals surface area contributed by atoms with E-state index in [9.17, 15) is 22.8 Å². The molecule has 0 saturated carbocycles. The topological polar surface area (TPSA) is 42.3 Å².